The third-order valence-electron chi connectivity index (χ3n) is 4.30. The smallest absolute Gasteiger partial charge is 0.0766 e. The minimum atomic E-state index is 0.586. The number of thioether (sulfide) groups is 1. The lowest BCUT2D eigenvalue weighted by Crippen LogP contribution is -2.39. The fourth-order valence-corrected chi connectivity index (χ4v) is 5.09. The number of nitrogens with one attached hydrogen (secondary N) is 1. The molecule has 1 aliphatic heterocycles. The molecule has 21 heavy (non-hydrogen) atoms. The molecule has 1 aromatic rings. The van der Waals surface area contributed by atoms with Crippen molar-refractivity contribution in [2.75, 3.05) is 18.1 Å². The summed E-state index contributed by atoms with van der Waals surface area (Å²) in [4.78, 5) is 0. The lowest BCUT2D eigenvalue weighted by molar-refractivity contribution is 0.371. The van der Waals surface area contributed by atoms with Crippen LogP contribution in [0.3, 0.4) is 0 Å². The van der Waals surface area contributed by atoms with Crippen LogP contribution in [-0.4, -0.2) is 33.9 Å². The fourth-order valence-electron chi connectivity index (χ4n) is 3.03. The summed E-state index contributed by atoms with van der Waals surface area (Å²) in [5.74, 6) is 3.43. The van der Waals surface area contributed by atoms with Crippen molar-refractivity contribution in [3.05, 3.63) is 15.9 Å². The lowest BCUT2D eigenvalue weighted by Gasteiger charge is -2.25. The average molecular weight is 374 g/mol. The summed E-state index contributed by atoms with van der Waals surface area (Å²) in [7, 11) is 0. The second-order valence-corrected chi connectivity index (χ2v) is 7.71. The largest absolute Gasteiger partial charge is 0.313 e. The van der Waals surface area contributed by atoms with E-state index in [0.717, 1.165) is 31.8 Å². The Balaban J connectivity index is 2.16. The van der Waals surface area contributed by atoms with Gasteiger partial charge in [-0.1, -0.05) is 13.8 Å². The Kier molecular flexibility index (Phi) is 7.10. The molecule has 120 valence electrons. The minimum absolute atomic E-state index is 0.586. The third-order valence-corrected chi connectivity index (χ3v) is 6.40. The summed E-state index contributed by atoms with van der Waals surface area (Å²) in [6, 6.07) is 0.586. The van der Waals surface area contributed by atoms with E-state index >= 15 is 0 Å². The van der Waals surface area contributed by atoms with Crippen LogP contribution in [-0.2, 0) is 19.4 Å². The van der Waals surface area contributed by atoms with Crippen LogP contribution in [0.4, 0.5) is 0 Å². The van der Waals surface area contributed by atoms with E-state index < -0.39 is 0 Å². The Bertz CT molecular complexity index is 441. The molecule has 0 bridgehead atoms. The van der Waals surface area contributed by atoms with E-state index in [1.165, 1.54) is 40.2 Å². The molecule has 1 aliphatic rings. The van der Waals surface area contributed by atoms with E-state index in [4.69, 9.17) is 5.10 Å². The predicted octanol–water partition coefficient (Wildman–Crippen LogP) is 3.89. The molecule has 0 aromatic carbocycles. The molecule has 1 fully saturated rings. The van der Waals surface area contributed by atoms with Crippen LogP contribution in [0.5, 0.6) is 0 Å². The molecule has 0 amide bonds. The van der Waals surface area contributed by atoms with Crippen LogP contribution < -0.4 is 5.32 Å². The maximum absolute atomic E-state index is 4.74. The Morgan fingerprint density at radius 3 is 2.81 bits per heavy atom. The summed E-state index contributed by atoms with van der Waals surface area (Å²) < 4.78 is 3.42. The summed E-state index contributed by atoms with van der Waals surface area (Å²) in [6.07, 6.45) is 4.63. The Morgan fingerprint density at radius 1 is 1.43 bits per heavy atom. The highest BCUT2D eigenvalue weighted by atomic mass is 79.9. The monoisotopic (exact) mass is 373 g/mol. The lowest BCUT2D eigenvalue weighted by atomic mass is 9.94. The van der Waals surface area contributed by atoms with Crippen LogP contribution >= 0.6 is 27.7 Å². The number of hydrogen-bond donors (Lipinski definition) is 1. The van der Waals surface area contributed by atoms with Gasteiger partial charge < -0.3 is 5.32 Å². The Labute approximate surface area is 141 Å². The summed E-state index contributed by atoms with van der Waals surface area (Å²) in [5.41, 5.74) is 2.57. The topological polar surface area (TPSA) is 29.9 Å². The van der Waals surface area contributed by atoms with Crippen molar-refractivity contribution >= 4 is 27.7 Å². The Morgan fingerprint density at radius 2 is 2.24 bits per heavy atom. The van der Waals surface area contributed by atoms with Gasteiger partial charge in [-0.05, 0) is 66.1 Å². The van der Waals surface area contributed by atoms with Crippen molar-refractivity contribution in [1.29, 1.82) is 0 Å². The number of aromatic nitrogens is 2. The van der Waals surface area contributed by atoms with Gasteiger partial charge in [0.2, 0.25) is 0 Å². The zero-order chi connectivity index (χ0) is 15.2. The highest BCUT2D eigenvalue weighted by Crippen LogP contribution is 2.30. The van der Waals surface area contributed by atoms with Crippen LogP contribution in [0.2, 0.25) is 0 Å². The van der Waals surface area contributed by atoms with Crippen molar-refractivity contribution in [3.63, 3.8) is 0 Å². The van der Waals surface area contributed by atoms with Gasteiger partial charge in [0.25, 0.3) is 0 Å². The zero-order valence-corrected chi connectivity index (χ0v) is 15.9. The van der Waals surface area contributed by atoms with Crippen LogP contribution in [0.1, 0.15) is 45.0 Å². The van der Waals surface area contributed by atoms with Crippen molar-refractivity contribution in [1.82, 2.24) is 15.1 Å². The number of nitrogens with zero attached hydrogens (tertiary/aromatic N) is 2. The first kappa shape index (κ1) is 17.4. The second kappa shape index (κ2) is 8.59. The minimum Gasteiger partial charge on any atom is -0.313 e. The van der Waals surface area contributed by atoms with Gasteiger partial charge in [-0.3, -0.25) is 4.68 Å². The van der Waals surface area contributed by atoms with E-state index in [0.29, 0.717) is 6.04 Å². The molecule has 5 heteroatoms. The molecule has 1 N–H and O–H groups in total. The van der Waals surface area contributed by atoms with Crippen molar-refractivity contribution in [3.8, 4) is 0 Å². The summed E-state index contributed by atoms with van der Waals surface area (Å²) in [6.45, 7) is 8.67. The van der Waals surface area contributed by atoms with Gasteiger partial charge in [-0.15, -0.1) is 0 Å². The third kappa shape index (κ3) is 4.26. The molecule has 1 saturated heterocycles. The molecule has 2 atom stereocenters. The van der Waals surface area contributed by atoms with Crippen LogP contribution in [0.25, 0.3) is 0 Å². The molecule has 0 saturated carbocycles. The predicted molar refractivity (Wildman–Crippen MR) is 96.2 cm³/mol. The molecule has 0 aliphatic carbocycles. The summed E-state index contributed by atoms with van der Waals surface area (Å²) >= 11 is 5.90. The number of rotatable bonds is 8. The van der Waals surface area contributed by atoms with Crippen molar-refractivity contribution in [2.24, 2.45) is 5.92 Å². The van der Waals surface area contributed by atoms with Gasteiger partial charge >= 0.3 is 0 Å². The molecular formula is C16H28BrN3S. The highest BCUT2D eigenvalue weighted by molar-refractivity contribution is 9.10. The van der Waals surface area contributed by atoms with Gasteiger partial charge in [0.1, 0.15) is 0 Å². The fraction of sp³-hybridized carbons (Fsp3) is 0.812. The standard InChI is InChI=1S/C16H28BrN3S/c1-4-8-18-14(12-7-9-21-11-12)10-15-16(17)13(5-2)19-20(15)6-3/h12,14,18H,4-11H2,1-3H3. The first-order valence-electron chi connectivity index (χ1n) is 8.26. The van der Waals surface area contributed by atoms with E-state index in [9.17, 15) is 0 Å². The summed E-state index contributed by atoms with van der Waals surface area (Å²) in [5, 5.41) is 8.53. The quantitative estimate of drug-likeness (QED) is 0.749. The molecule has 1 aromatic heterocycles. The maximum Gasteiger partial charge on any atom is 0.0766 e. The zero-order valence-electron chi connectivity index (χ0n) is 13.5. The second-order valence-electron chi connectivity index (χ2n) is 5.77. The molecule has 0 spiro atoms. The SMILES string of the molecule is CCCNC(Cc1c(Br)c(CC)nn1CC)C1CCSC1. The molecule has 0 radical (unpaired) electrons. The normalized spacial score (nSPS) is 20.1. The number of hydrogen-bond acceptors (Lipinski definition) is 3. The molecule has 2 unspecified atom stereocenters. The van der Waals surface area contributed by atoms with Crippen molar-refractivity contribution < 1.29 is 0 Å². The van der Waals surface area contributed by atoms with E-state index in [1.807, 2.05) is 0 Å². The first-order valence-corrected chi connectivity index (χ1v) is 10.2. The molecule has 3 nitrogen and oxygen atoms in total. The maximum atomic E-state index is 4.74. The van der Waals surface area contributed by atoms with E-state index in [2.05, 4.69) is 58.5 Å². The number of halogens is 1. The van der Waals surface area contributed by atoms with Gasteiger partial charge in [-0.25, -0.2) is 0 Å². The first-order chi connectivity index (χ1) is 10.2. The van der Waals surface area contributed by atoms with E-state index in [-0.39, 0.29) is 0 Å². The highest BCUT2D eigenvalue weighted by Gasteiger charge is 2.27. The van der Waals surface area contributed by atoms with Crippen LogP contribution in [0.15, 0.2) is 4.47 Å². The average Bonchev–Trinajstić information content (AvgIpc) is 3.12. The van der Waals surface area contributed by atoms with Gasteiger partial charge in [0.15, 0.2) is 0 Å². The van der Waals surface area contributed by atoms with Gasteiger partial charge in [-0.2, -0.15) is 16.9 Å². The van der Waals surface area contributed by atoms with Crippen molar-refractivity contribution in [2.45, 2.75) is 59.0 Å². The Hall–Kier alpha value is -0.000000000000000111. The molecule has 2 rings (SSSR count). The molecular weight excluding hydrogens is 346 g/mol. The molecule has 2 heterocycles. The van der Waals surface area contributed by atoms with Crippen LogP contribution in [0, 0.1) is 5.92 Å². The number of aryl methyl sites for hydroxylation is 2. The van der Waals surface area contributed by atoms with Gasteiger partial charge in [0, 0.05) is 19.0 Å². The van der Waals surface area contributed by atoms with E-state index in [1.54, 1.807) is 0 Å². The van der Waals surface area contributed by atoms with Gasteiger partial charge in [0.05, 0.1) is 15.9 Å².